The standard InChI is InChI=1S/C17H23ClN4O2/c1-17(2,3)24-14(23)7-5-4-6-8-21-16-15-12(11-13(18)22-16)19-9-10-20-15/h9-11H,4-8H2,1-3H3,(H,21,22). The molecule has 0 saturated heterocycles. The molecule has 0 aliphatic carbocycles. The summed E-state index contributed by atoms with van der Waals surface area (Å²) >= 11 is 6.00. The van der Waals surface area contributed by atoms with Gasteiger partial charge < -0.3 is 10.1 Å². The molecule has 0 fully saturated rings. The fraction of sp³-hybridized carbons (Fsp3) is 0.529. The van der Waals surface area contributed by atoms with Crippen molar-refractivity contribution < 1.29 is 9.53 Å². The van der Waals surface area contributed by atoms with E-state index >= 15 is 0 Å². The number of carbonyl (C=O) groups is 1. The van der Waals surface area contributed by atoms with Crippen molar-refractivity contribution in [3.05, 3.63) is 23.6 Å². The summed E-state index contributed by atoms with van der Waals surface area (Å²) in [5.74, 6) is 0.492. The summed E-state index contributed by atoms with van der Waals surface area (Å²) < 4.78 is 5.28. The third-order valence-corrected chi connectivity index (χ3v) is 3.39. The van der Waals surface area contributed by atoms with Gasteiger partial charge in [0.2, 0.25) is 0 Å². The second-order valence-corrected chi connectivity index (χ2v) is 6.93. The van der Waals surface area contributed by atoms with Gasteiger partial charge in [-0.1, -0.05) is 18.0 Å². The summed E-state index contributed by atoms with van der Waals surface area (Å²) in [5, 5.41) is 3.63. The maximum absolute atomic E-state index is 11.6. The van der Waals surface area contributed by atoms with Crippen molar-refractivity contribution >= 4 is 34.4 Å². The van der Waals surface area contributed by atoms with Gasteiger partial charge in [-0.15, -0.1) is 0 Å². The normalized spacial score (nSPS) is 11.5. The van der Waals surface area contributed by atoms with E-state index in [1.807, 2.05) is 20.8 Å². The number of hydrogen-bond donors (Lipinski definition) is 1. The molecule has 2 aromatic rings. The first-order chi connectivity index (χ1) is 11.3. The molecule has 0 amide bonds. The molecule has 130 valence electrons. The van der Waals surface area contributed by atoms with Crippen LogP contribution >= 0.6 is 11.6 Å². The summed E-state index contributed by atoms with van der Waals surface area (Å²) in [6, 6.07) is 1.69. The molecular weight excluding hydrogens is 328 g/mol. The van der Waals surface area contributed by atoms with Crippen molar-refractivity contribution in [1.82, 2.24) is 15.0 Å². The number of carbonyl (C=O) groups excluding carboxylic acids is 1. The van der Waals surface area contributed by atoms with Gasteiger partial charge in [-0.25, -0.2) is 9.97 Å². The van der Waals surface area contributed by atoms with Crippen LogP contribution in [0.1, 0.15) is 46.5 Å². The molecule has 0 unspecified atom stereocenters. The Morgan fingerprint density at radius 2 is 1.96 bits per heavy atom. The van der Waals surface area contributed by atoms with E-state index in [9.17, 15) is 4.79 Å². The van der Waals surface area contributed by atoms with Crippen LogP contribution in [0.3, 0.4) is 0 Å². The Kier molecular flexibility index (Phi) is 6.31. The zero-order chi connectivity index (χ0) is 17.6. The molecule has 24 heavy (non-hydrogen) atoms. The molecule has 0 saturated carbocycles. The third-order valence-electron chi connectivity index (χ3n) is 3.20. The Balaban J connectivity index is 1.74. The molecule has 0 spiro atoms. The average molecular weight is 351 g/mol. The number of ether oxygens (including phenoxy) is 1. The number of nitrogens with one attached hydrogen (secondary N) is 1. The third kappa shape index (κ3) is 5.92. The van der Waals surface area contributed by atoms with E-state index in [0.717, 1.165) is 25.8 Å². The van der Waals surface area contributed by atoms with Crippen LogP contribution in [0.4, 0.5) is 5.82 Å². The topological polar surface area (TPSA) is 77.0 Å². The predicted molar refractivity (Wildman–Crippen MR) is 95.1 cm³/mol. The van der Waals surface area contributed by atoms with E-state index in [2.05, 4.69) is 20.3 Å². The van der Waals surface area contributed by atoms with Gasteiger partial charge >= 0.3 is 5.97 Å². The van der Waals surface area contributed by atoms with Gasteiger partial charge in [-0.2, -0.15) is 0 Å². The monoisotopic (exact) mass is 350 g/mol. The maximum Gasteiger partial charge on any atom is 0.306 e. The Morgan fingerprint density at radius 3 is 2.71 bits per heavy atom. The van der Waals surface area contributed by atoms with Crippen LogP contribution in [-0.2, 0) is 9.53 Å². The first kappa shape index (κ1) is 18.4. The van der Waals surface area contributed by atoms with E-state index in [1.54, 1.807) is 18.5 Å². The van der Waals surface area contributed by atoms with Crippen molar-refractivity contribution in [2.75, 3.05) is 11.9 Å². The molecule has 0 aliphatic heterocycles. The highest BCUT2D eigenvalue weighted by Crippen LogP contribution is 2.21. The minimum absolute atomic E-state index is 0.145. The van der Waals surface area contributed by atoms with Crippen LogP contribution in [0.25, 0.3) is 11.0 Å². The number of pyridine rings is 1. The van der Waals surface area contributed by atoms with Gasteiger partial charge in [0, 0.05) is 31.4 Å². The van der Waals surface area contributed by atoms with Gasteiger partial charge in [-0.3, -0.25) is 9.78 Å². The molecule has 7 heteroatoms. The lowest BCUT2D eigenvalue weighted by Gasteiger charge is -2.19. The summed E-state index contributed by atoms with van der Waals surface area (Å²) in [5.41, 5.74) is 1.000. The van der Waals surface area contributed by atoms with E-state index in [4.69, 9.17) is 16.3 Å². The van der Waals surface area contributed by atoms with Crippen LogP contribution in [0.2, 0.25) is 5.15 Å². The summed E-state index contributed by atoms with van der Waals surface area (Å²) in [6.45, 7) is 6.35. The average Bonchev–Trinajstić information content (AvgIpc) is 2.48. The summed E-state index contributed by atoms with van der Waals surface area (Å²) in [7, 11) is 0. The van der Waals surface area contributed by atoms with Crippen molar-refractivity contribution in [2.24, 2.45) is 0 Å². The Hall–Kier alpha value is -1.95. The predicted octanol–water partition coefficient (Wildman–Crippen LogP) is 3.99. The number of halogens is 1. The number of nitrogens with zero attached hydrogens (tertiary/aromatic N) is 3. The molecule has 0 radical (unpaired) electrons. The van der Waals surface area contributed by atoms with Crippen LogP contribution in [0.5, 0.6) is 0 Å². The van der Waals surface area contributed by atoms with E-state index in [-0.39, 0.29) is 5.97 Å². The van der Waals surface area contributed by atoms with Crippen molar-refractivity contribution in [3.63, 3.8) is 0 Å². The van der Waals surface area contributed by atoms with Crippen LogP contribution in [0, 0.1) is 0 Å². The van der Waals surface area contributed by atoms with E-state index in [1.165, 1.54) is 0 Å². The van der Waals surface area contributed by atoms with Crippen molar-refractivity contribution in [2.45, 2.75) is 52.1 Å². The minimum atomic E-state index is -0.418. The van der Waals surface area contributed by atoms with Gasteiger partial charge in [0.1, 0.15) is 16.3 Å². The smallest absolute Gasteiger partial charge is 0.306 e. The highest BCUT2D eigenvalue weighted by Gasteiger charge is 2.15. The lowest BCUT2D eigenvalue weighted by molar-refractivity contribution is -0.154. The maximum atomic E-state index is 11.6. The molecule has 0 aliphatic rings. The number of hydrogen-bond acceptors (Lipinski definition) is 6. The zero-order valence-corrected chi connectivity index (χ0v) is 15.1. The first-order valence-corrected chi connectivity index (χ1v) is 8.46. The fourth-order valence-corrected chi connectivity index (χ4v) is 2.42. The summed E-state index contributed by atoms with van der Waals surface area (Å²) in [6.07, 6.45) is 6.35. The second kappa shape index (κ2) is 8.24. The Morgan fingerprint density at radius 1 is 1.21 bits per heavy atom. The minimum Gasteiger partial charge on any atom is -0.460 e. The Labute approximate surface area is 147 Å². The number of rotatable bonds is 7. The van der Waals surface area contributed by atoms with Gasteiger partial charge in [0.25, 0.3) is 0 Å². The van der Waals surface area contributed by atoms with Gasteiger partial charge in [-0.05, 0) is 33.6 Å². The van der Waals surface area contributed by atoms with Crippen molar-refractivity contribution in [1.29, 1.82) is 0 Å². The molecule has 0 atom stereocenters. The first-order valence-electron chi connectivity index (χ1n) is 8.08. The lowest BCUT2D eigenvalue weighted by Crippen LogP contribution is -2.23. The number of fused-ring (bicyclic) bond motifs is 1. The molecule has 0 aromatic carbocycles. The SMILES string of the molecule is CC(C)(C)OC(=O)CCCCCNc1nc(Cl)cc2nccnc12. The van der Waals surface area contributed by atoms with E-state index in [0.29, 0.717) is 28.4 Å². The van der Waals surface area contributed by atoms with Crippen LogP contribution < -0.4 is 5.32 Å². The fourth-order valence-electron chi connectivity index (χ4n) is 2.24. The number of anilines is 1. The van der Waals surface area contributed by atoms with Crippen molar-refractivity contribution in [3.8, 4) is 0 Å². The summed E-state index contributed by atoms with van der Waals surface area (Å²) in [4.78, 5) is 24.4. The van der Waals surface area contributed by atoms with Crippen LogP contribution in [-0.4, -0.2) is 33.1 Å². The molecular formula is C17H23ClN4O2. The second-order valence-electron chi connectivity index (χ2n) is 6.54. The lowest BCUT2D eigenvalue weighted by atomic mass is 10.1. The molecule has 2 aromatic heterocycles. The molecule has 2 heterocycles. The molecule has 2 rings (SSSR count). The Bertz CT molecular complexity index is 701. The zero-order valence-electron chi connectivity index (χ0n) is 14.3. The van der Waals surface area contributed by atoms with E-state index < -0.39 is 5.60 Å². The highest BCUT2D eigenvalue weighted by molar-refractivity contribution is 6.30. The molecule has 1 N–H and O–H groups in total. The number of aromatic nitrogens is 3. The molecule has 6 nitrogen and oxygen atoms in total. The number of unbranched alkanes of at least 4 members (excludes halogenated alkanes) is 2. The largest absolute Gasteiger partial charge is 0.460 e. The highest BCUT2D eigenvalue weighted by atomic mass is 35.5. The van der Waals surface area contributed by atoms with Gasteiger partial charge in [0.15, 0.2) is 5.82 Å². The molecule has 0 bridgehead atoms. The quantitative estimate of drug-likeness (QED) is 0.462. The van der Waals surface area contributed by atoms with Crippen LogP contribution in [0.15, 0.2) is 18.5 Å². The van der Waals surface area contributed by atoms with Gasteiger partial charge in [0.05, 0.1) is 5.52 Å². The number of esters is 1.